The lowest BCUT2D eigenvalue weighted by atomic mass is 10.1. The number of nitrogens with two attached hydrogens (primary N) is 1. The standard InChI is InChI=1S/C15H13NS/c16-10-11-4-3-6-12(8-11)15-9-13-5-1-2-7-14(13)17-15/h1-9H,10,16H2. The summed E-state index contributed by atoms with van der Waals surface area (Å²) in [6, 6.07) is 19.2. The molecule has 17 heavy (non-hydrogen) atoms. The van der Waals surface area contributed by atoms with Gasteiger partial charge in [-0.15, -0.1) is 11.3 Å². The van der Waals surface area contributed by atoms with E-state index in [-0.39, 0.29) is 0 Å². The maximum atomic E-state index is 5.68. The first-order chi connectivity index (χ1) is 8.36. The molecule has 0 fully saturated rings. The van der Waals surface area contributed by atoms with E-state index >= 15 is 0 Å². The van der Waals surface area contributed by atoms with E-state index < -0.39 is 0 Å². The lowest BCUT2D eigenvalue weighted by Crippen LogP contribution is -1.95. The van der Waals surface area contributed by atoms with Crippen LogP contribution in [0.2, 0.25) is 0 Å². The second kappa shape index (κ2) is 4.32. The Balaban J connectivity index is 2.13. The van der Waals surface area contributed by atoms with Gasteiger partial charge in [0.15, 0.2) is 0 Å². The lowest BCUT2D eigenvalue weighted by Gasteiger charge is -2.00. The minimum absolute atomic E-state index is 0.596. The third-order valence-electron chi connectivity index (χ3n) is 2.87. The van der Waals surface area contributed by atoms with Gasteiger partial charge in [0.2, 0.25) is 0 Å². The van der Waals surface area contributed by atoms with Crippen molar-refractivity contribution in [3.8, 4) is 10.4 Å². The second-order valence-corrected chi connectivity index (χ2v) is 5.14. The van der Waals surface area contributed by atoms with E-state index in [0.717, 1.165) is 0 Å². The van der Waals surface area contributed by atoms with Gasteiger partial charge in [-0.3, -0.25) is 0 Å². The first-order valence-electron chi connectivity index (χ1n) is 5.65. The molecule has 3 rings (SSSR count). The predicted molar refractivity (Wildman–Crippen MR) is 75.2 cm³/mol. The fraction of sp³-hybridized carbons (Fsp3) is 0.0667. The summed E-state index contributed by atoms with van der Waals surface area (Å²) in [7, 11) is 0. The van der Waals surface area contributed by atoms with Crippen molar-refractivity contribution in [2.75, 3.05) is 0 Å². The topological polar surface area (TPSA) is 26.0 Å². The third-order valence-corrected chi connectivity index (χ3v) is 4.04. The van der Waals surface area contributed by atoms with Gasteiger partial charge in [0, 0.05) is 16.1 Å². The molecule has 0 aliphatic heterocycles. The molecule has 2 aromatic carbocycles. The Morgan fingerprint density at radius 2 is 1.82 bits per heavy atom. The summed E-state index contributed by atoms with van der Waals surface area (Å²) in [5.41, 5.74) is 8.11. The highest BCUT2D eigenvalue weighted by Gasteiger charge is 2.03. The predicted octanol–water partition coefficient (Wildman–Crippen LogP) is 4.03. The molecule has 2 heteroatoms. The number of rotatable bonds is 2. The monoisotopic (exact) mass is 239 g/mol. The zero-order chi connectivity index (χ0) is 11.7. The van der Waals surface area contributed by atoms with Gasteiger partial charge in [0.25, 0.3) is 0 Å². The summed E-state index contributed by atoms with van der Waals surface area (Å²) in [4.78, 5) is 1.31. The maximum Gasteiger partial charge on any atom is 0.0355 e. The minimum atomic E-state index is 0.596. The summed E-state index contributed by atoms with van der Waals surface area (Å²) in [6.45, 7) is 0.596. The Morgan fingerprint density at radius 1 is 0.941 bits per heavy atom. The Hall–Kier alpha value is -1.64. The fourth-order valence-electron chi connectivity index (χ4n) is 1.98. The van der Waals surface area contributed by atoms with Gasteiger partial charge < -0.3 is 5.73 Å². The molecule has 0 amide bonds. The van der Waals surface area contributed by atoms with Gasteiger partial charge in [-0.1, -0.05) is 36.4 Å². The van der Waals surface area contributed by atoms with Crippen LogP contribution in [0.15, 0.2) is 54.6 Å². The summed E-state index contributed by atoms with van der Waals surface area (Å²) in [5, 5.41) is 1.31. The smallest absolute Gasteiger partial charge is 0.0355 e. The van der Waals surface area contributed by atoms with Crippen LogP contribution >= 0.6 is 11.3 Å². The van der Waals surface area contributed by atoms with E-state index in [1.165, 1.54) is 26.1 Å². The highest BCUT2D eigenvalue weighted by atomic mass is 32.1. The molecule has 1 nitrogen and oxygen atoms in total. The van der Waals surface area contributed by atoms with E-state index in [9.17, 15) is 0 Å². The molecule has 3 aromatic rings. The zero-order valence-electron chi connectivity index (χ0n) is 9.39. The number of benzene rings is 2. The quantitative estimate of drug-likeness (QED) is 0.718. The van der Waals surface area contributed by atoms with Crippen LogP contribution < -0.4 is 5.73 Å². The summed E-state index contributed by atoms with van der Waals surface area (Å²) in [5.74, 6) is 0. The van der Waals surface area contributed by atoms with Gasteiger partial charge in [0.1, 0.15) is 0 Å². The van der Waals surface area contributed by atoms with Gasteiger partial charge in [-0.25, -0.2) is 0 Å². The molecular formula is C15H13NS. The molecule has 1 heterocycles. The average molecular weight is 239 g/mol. The minimum Gasteiger partial charge on any atom is -0.326 e. The molecule has 2 N–H and O–H groups in total. The SMILES string of the molecule is NCc1cccc(-c2cc3ccccc3s2)c1. The van der Waals surface area contributed by atoms with Crippen LogP contribution in [0.1, 0.15) is 5.56 Å². The van der Waals surface area contributed by atoms with E-state index in [0.29, 0.717) is 6.54 Å². The molecular weight excluding hydrogens is 226 g/mol. The number of thiophene rings is 1. The number of fused-ring (bicyclic) bond motifs is 1. The third kappa shape index (κ3) is 1.97. The Bertz CT molecular complexity index is 622. The summed E-state index contributed by atoms with van der Waals surface area (Å²) >= 11 is 1.83. The van der Waals surface area contributed by atoms with Gasteiger partial charge in [0.05, 0.1) is 0 Å². The fourth-order valence-corrected chi connectivity index (χ4v) is 3.03. The normalized spacial score (nSPS) is 10.9. The van der Waals surface area contributed by atoms with Crippen molar-refractivity contribution in [2.45, 2.75) is 6.54 Å². The summed E-state index contributed by atoms with van der Waals surface area (Å²) < 4.78 is 1.33. The largest absolute Gasteiger partial charge is 0.326 e. The molecule has 0 spiro atoms. The van der Waals surface area contributed by atoms with Crippen molar-refractivity contribution in [1.82, 2.24) is 0 Å². The van der Waals surface area contributed by atoms with E-state index in [2.05, 4.69) is 54.6 Å². The van der Waals surface area contributed by atoms with Gasteiger partial charge in [-0.2, -0.15) is 0 Å². The zero-order valence-corrected chi connectivity index (χ0v) is 10.2. The Kier molecular flexibility index (Phi) is 2.67. The van der Waals surface area contributed by atoms with Crippen molar-refractivity contribution in [1.29, 1.82) is 0 Å². The van der Waals surface area contributed by atoms with Crippen LogP contribution in [0.3, 0.4) is 0 Å². The highest BCUT2D eigenvalue weighted by molar-refractivity contribution is 7.22. The van der Waals surface area contributed by atoms with E-state index in [1.54, 1.807) is 0 Å². The Morgan fingerprint density at radius 3 is 2.65 bits per heavy atom. The van der Waals surface area contributed by atoms with Crippen molar-refractivity contribution in [2.24, 2.45) is 5.73 Å². The first kappa shape index (κ1) is 10.5. The van der Waals surface area contributed by atoms with Crippen LogP contribution in [0, 0.1) is 0 Å². The van der Waals surface area contributed by atoms with Crippen LogP contribution in [-0.4, -0.2) is 0 Å². The van der Waals surface area contributed by atoms with Gasteiger partial charge >= 0.3 is 0 Å². The number of hydrogen-bond donors (Lipinski definition) is 1. The molecule has 0 aliphatic rings. The molecule has 0 atom stereocenters. The van der Waals surface area contributed by atoms with Crippen molar-refractivity contribution >= 4 is 21.4 Å². The molecule has 0 bridgehead atoms. The van der Waals surface area contributed by atoms with E-state index in [4.69, 9.17) is 5.73 Å². The molecule has 0 saturated carbocycles. The van der Waals surface area contributed by atoms with E-state index in [1.807, 2.05) is 11.3 Å². The van der Waals surface area contributed by atoms with Crippen molar-refractivity contribution < 1.29 is 0 Å². The second-order valence-electron chi connectivity index (χ2n) is 4.05. The van der Waals surface area contributed by atoms with Crippen LogP contribution in [0.5, 0.6) is 0 Å². The van der Waals surface area contributed by atoms with Gasteiger partial charge in [-0.05, 0) is 34.7 Å². The first-order valence-corrected chi connectivity index (χ1v) is 6.46. The molecule has 0 radical (unpaired) electrons. The van der Waals surface area contributed by atoms with Crippen LogP contribution in [0.4, 0.5) is 0 Å². The molecule has 0 saturated heterocycles. The lowest BCUT2D eigenvalue weighted by molar-refractivity contribution is 1.07. The molecule has 1 aromatic heterocycles. The molecule has 0 aliphatic carbocycles. The highest BCUT2D eigenvalue weighted by Crippen LogP contribution is 2.33. The number of hydrogen-bond acceptors (Lipinski definition) is 2. The van der Waals surface area contributed by atoms with Crippen molar-refractivity contribution in [3.63, 3.8) is 0 Å². The molecule has 84 valence electrons. The Labute approximate surface area is 105 Å². The van der Waals surface area contributed by atoms with Crippen LogP contribution in [-0.2, 0) is 6.54 Å². The average Bonchev–Trinajstić information content (AvgIpc) is 2.82. The summed E-state index contributed by atoms with van der Waals surface area (Å²) in [6.07, 6.45) is 0. The van der Waals surface area contributed by atoms with Crippen molar-refractivity contribution in [3.05, 3.63) is 60.2 Å². The maximum absolute atomic E-state index is 5.68. The van der Waals surface area contributed by atoms with Crippen LogP contribution in [0.25, 0.3) is 20.5 Å². The molecule has 0 unspecified atom stereocenters.